The van der Waals surface area contributed by atoms with Gasteiger partial charge in [-0.15, -0.1) is 11.6 Å². The van der Waals surface area contributed by atoms with E-state index in [9.17, 15) is 0 Å². The summed E-state index contributed by atoms with van der Waals surface area (Å²) in [7, 11) is 0. The molecule has 1 rings (SSSR count). The first-order valence-corrected chi connectivity index (χ1v) is 4.14. The number of oxazole rings is 1. The number of halogens is 1. The maximum atomic E-state index is 5.76. The van der Waals surface area contributed by atoms with Crippen molar-refractivity contribution in [1.82, 2.24) is 4.98 Å². The molecule has 11 heavy (non-hydrogen) atoms. The van der Waals surface area contributed by atoms with Crippen molar-refractivity contribution in [3.63, 3.8) is 0 Å². The molecule has 1 heterocycles. The van der Waals surface area contributed by atoms with Crippen LogP contribution in [0.15, 0.2) is 10.6 Å². The summed E-state index contributed by atoms with van der Waals surface area (Å²) < 4.78 is 5.36. The monoisotopic (exact) mass is 173 g/mol. The van der Waals surface area contributed by atoms with E-state index in [-0.39, 0.29) is 5.38 Å². The van der Waals surface area contributed by atoms with Gasteiger partial charge in [0.2, 0.25) is 5.89 Å². The molecule has 0 aliphatic rings. The second-order valence-electron chi connectivity index (χ2n) is 2.87. The highest BCUT2D eigenvalue weighted by Gasteiger charge is 2.10. The van der Waals surface area contributed by atoms with E-state index in [1.165, 1.54) is 0 Å². The number of aromatic nitrogens is 1. The molecule has 0 N–H and O–H groups in total. The Kier molecular flexibility index (Phi) is 2.55. The average molecular weight is 174 g/mol. The van der Waals surface area contributed by atoms with E-state index in [1.54, 1.807) is 6.20 Å². The highest BCUT2D eigenvalue weighted by atomic mass is 35.5. The zero-order valence-electron chi connectivity index (χ0n) is 6.97. The summed E-state index contributed by atoms with van der Waals surface area (Å²) in [5.74, 6) is 1.88. The molecule has 0 aliphatic carbocycles. The van der Waals surface area contributed by atoms with Crippen LogP contribution in [0, 0.1) is 0 Å². The Bertz CT molecular complexity index is 207. The highest BCUT2D eigenvalue weighted by Crippen LogP contribution is 2.22. The summed E-state index contributed by atoms with van der Waals surface area (Å²) in [4.78, 5) is 4.04. The maximum absolute atomic E-state index is 5.76. The van der Waals surface area contributed by atoms with Crippen molar-refractivity contribution in [2.75, 3.05) is 0 Å². The van der Waals surface area contributed by atoms with Gasteiger partial charge in [-0.2, -0.15) is 0 Å². The normalized spacial score (nSPS) is 13.9. The Morgan fingerprint density at radius 2 is 2.09 bits per heavy atom. The third-order valence-corrected chi connectivity index (χ3v) is 1.64. The minimum atomic E-state index is -0.137. The number of hydrogen-bond donors (Lipinski definition) is 0. The highest BCUT2D eigenvalue weighted by molar-refractivity contribution is 6.20. The number of nitrogens with zero attached hydrogens (tertiary/aromatic N) is 1. The molecule has 0 radical (unpaired) electrons. The minimum absolute atomic E-state index is 0.137. The van der Waals surface area contributed by atoms with Crippen LogP contribution in [-0.2, 0) is 0 Å². The molecule has 0 amide bonds. The van der Waals surface area contributed by atoms with Crippen molar-refractivity contribution < 1.29 is 4.42 Å². The molecule has 0 aliphatic heterocycles. The SMILES string of the molecule is CC(C)c1cnc(C(C)Cl)o1. The molecule has 1 aromatic rings. The van der Waals surface area contributed by atoms with Gasteiger partial charge in [-0.05, 0) is 6.92 Å². The lowest BCUT2D eigenvalue weighted by Crippen LogP contribution is -1.82. The smallest absolute Gasteiger partial charge is 0.212 e. The molecule has 1 aromatic heterocycles. The van der Waals surface area contributed by atoms with Crippen LogP contribution in [-0.4, -0.2) is 4.98 Å². The number of alkyl halides is 1. The predicted octanol–water partition coefficient (Wildman–Crippen LogP) is 3.10. The average Bonchev–Trinajstić information content (AvgIpc) is 2.33. The van der Waals surface area contributed by atoms with Crippen LogP contribution in [0.1, 0.15) is 43.7 Å². The van der Waals surface area contributed by atoms with Gasteiger partial charge in [0.1, 0.15) is 11.1 Å². The van der Waals surface area contributed by atoms with E-state index >= 15 is 0 Å². The number of hydrogen-bond acceptors (Lipinski definition) is 2. The summed E-state index contributed by atoms with van der Waals surface area (Å²) in [5.41, 5.74) is 0. The maximum Gasteiger partial charge on any atom is 0.212 e. The molecular weight excluding hydrogens is 162 g/mol. The molecule has 1 atom stereocenters. The molecule has 3 heteroatoms. The molecule has 0 saturated heterocycles. The zero-order valence-corrected chi connectivity index (χ0v) is 7.72. The third kappa shape index (κ3) is 1.96. The van der Waals surface area contributed by atoms with Crippen molar-refractivity contribution in [2.45, 2.75) is 32.1 Å². The lowest BCUT2D eigenvalue weighted by Gasteiger charge is -1.97. The summed E-state index contributed by atoms with van der Waals surface area (Å²) in [6.07, 6.45) is 1.74. The molecule has 2 nitrogen and oxygen atoms in total. The van der Waals surface area contributed by atoms with Gasteiger partial charge in [0, 0.05) is 5.92 Å². The van der Waals surface area contributed by atoms with Crippen LogP contribution in [0.25, 0.3) is 0 Å². The van der Waals surface area contributed by atoms with Crippen molar-refractivity contribution in [1.29, 1.82) is 0 Å². The summed E-state index contributed by atoms with van der Waals surface area (Å²) in [6, 6.07) is 0. The molecule has 0 bridgehead atoms. The van der Waals surface area contributed by atoms with E-state index in [0.717, 1.165) is 5.76 Å². The quantitative estimate of drug-likeness (QED) is 0.643. The largest absolute Gasteiger partial charge is 0.444 e. The van der Waals surface area contributed by atoms with Crippen LogP contribution in [0.3, 0.4) is 0 Å². The fourth-order valence-electron chi connectivity index (χ4n) is 0.752. The van der Waals surface area contributed by atoms with Crippen LogP contribution in [0.5, 0.6) is 0 Å². The topological polar surface area (TPSA) is 26.0 Å². The number of rotatable bonds is 2. The van der Waals surface area contributed by atoms with E-state index in [0.29, 0.717) is 11.8 Å². The van der Waals surface area contributed by atoms with Crippen molar-refractivity contribution in [2.24, 2.45) is 0 Å². The third-order valence-electron chi connectivity index (χ3n) is 1.45. The first-order chi connectivity index (χ1) is 5.11. The van der Waals surface area contributed by atoms with Gasteiger partial charge < -0.3 is 4.42 Å². The van der Waals surface area contributed by atoms with Crippen LogP contribution >= 0.6 is 11.6 Å². The van der Waals surface area contributed by atoms with E-state index < -0.39 is 0 Å². The Morgan fingerprint density at radius 1 is 1.45 bits per heavy atom. The van der Waals surface area contributed by atoms with Gasteiger partial charge in [0.05, 0.1) is 6.20 Å². The molecule has 62 valence electrons. The second kappa shape index (κ2) is 3.26. The fraction of sp³-hybridized carbons (Fsp3) is 0.625. The van der Waals surface area contributed by atoms with Crippen LogP contribution in [0.4, 0.5) is 0 Å². The van der Waals surface area contributed by atoms with Crippen LogP contribution < -0.4 is 0 Å². The van der Waals surface area contributed by atoms with Crippen molar-refractivity contribution in [3.8, 4) is 0 Å². The molecule has 0 fully saturated rings. The first kappa shape index (κ1) is 8.60. The van der Waals surface area contributed by atoms with E-state index in [2.05, 4.69) is 18.8 Å². The first-order valence-electron chi connectivity index (χ1n) is 3.71. The fourth-order valence-corrected chi connectivity index (χ4v) is 0.852. The summed E-state index contributed by atoms with van der Waals surface area (Å²) in [5, 5.41) is -0.137. The summed E-state index contributed by atoms with van der Waals surface area (Å²) >= 11 is 5.76. The molecular formula is C8H12ClNO. The zero-order chi connectivity index (χ0) is 8.43. The van der Waals surface area contributed by atoms with Gasteiger partial charge in [-0.25, -0.2) is 4.98 Å². The van der Waals surface area contributed by atoms with Crippen molar-refractivity contribution >= 4 is 11.6 Å². The predicted molar refractivity (Wildman–Crippen MR) is 44.9 cm³/mol. The van der Waals surface area contributed by atoms with Gasteiger partial charge in [-0.1, -0.05) is 13.8 Å². The minimum Gasteiger partial charge on any atom is -0.444 e. The van der Waals surface area contributed by atoms with Gasteiger partial charge in [0.25, 0.3) is 0 Å². The molecule has 0 aromatic carbocycles. The Labute approximate surface area is 71.6 Å². The molecule has 0 saturated carbocycles. The van der Waals surface area contributed by atoms with E-state index in [4.69, 9.17) is 16.0 Å². The second-order valence-corrected chi connectivity index (χ2v) is 3.53. The Hall–Kier alpha value is -0.500. The van der Waals surface area contributed by atoms with Crippen molar-refractivity contribution in [3.05, 3.63) is 17.8 Å². The van der Waals surface area contributed by atoms with Gasteiger partial charge in [-0.3, -0.25) is 0 Å². The Morgan fingerprint density at radius 3 is 2.36 bits per heavy atom. The molecule has 1 unspecified atom stereocenters. The lowest BCUT2D eigenvalue weighted by atomic mass is 10.2. The Balaban J connectivity index is 2.82. The summed E-state index contributed by atoms with van der Waals surface area (Å²) in [6.45, 7) is 5.96. The lowest BCUT2D eigenvalue weighted by molar-refractivity contribution is 0.439. The van der Waals surface area contributed by atoms with Gasteiger partial charge in [0.15, 0.2) is 0 Å². The van der Waals surface area contributed by atoms with Crippen LogP contribution in [0.2, 0.25) is 0 Å². The van der Waals surface area contributed by atoms with Gasteiger partial charge >= 0.3 is 0 Å². The standard InChI is InChI=1S/C8H12ClNO/c1-5(2)7-4-10-8(11-7)6(3)9/h4-6H,1-3H3. The molecule has 0 spiro atoms. The van der Waals surface area contributed by atoms with E-state index in [1.807, 2.05) is 6.92 Å².